The molecular weight excluding hydrogens is 433 g/mol. The number of ketones is 2. The van der Waals surface area contributed by atoms with Crippen molar-refractivity contribution in [3.63, 3.8) is 0 Å². The number of Topliss-reactive ketones (excluding diaryl/α,β-unsaturated/α-hetero) is 2. The van der Waals surface area contributed by atoms with Crippen molar-refractivity contribution < 1.29 is 23.5 Å². The molecule has 176 valence electrons. The van der Waals surface area contributed by atoms with E-state index in [1.54, 1.807) is 75.7 Å². The van der Waals surface area contributed by atoms with Crippen molar-refractivity contribution in [1.82, 2.24) is 5.32 Å². The second kappa shape index (κ2) is 10.2. The Bertz CT molecular complexity index is 1140. The summed E-state index contributed by atoms with van der Waals surface area (Å²) < 4.78 is 25.2. The van der Waals surface area contributed by atoms with E-state index in [9.17, 15) is 14.0 Å². The molecule has 0 radical (unpaired) electrons. The molecule has 1 heterocycles. The molecule has 3 aromatic rings. The summed E-state index contributed by atoms with van der Waals surface area (Å²) in [4.78, 5) is 27.5. The van der Waals surface area contributed by atoms with E-state index in [0.29, 0.717) is 46.8 Å². The van der Waals surface area contributed by atoms with E-state index in [0.717, 1.165) is 0 Å². The van der Waals surface area contributed by atoms with Crippen molar-refractivity contribution >= 4 is 11.6 Å². The van der Waals surface area contributed by atoms with Gasteiger partial charge in [0.25, 0.3) is 0 Å². The summed E-state index contributed by atoms with van der Waals surface area (Å²) in [5.41, 5.74) is 2.14. The maximum Gasteiger partial charge on any atom is 0.167 e. The van der Waals surface area contributed by atoms with Crippen LogP contribution in [0.2, 0.25) is 0 Å². The van der Waals surface area contributed by atoms with Crippen LogP contribution in [0.4, 0.5) is 4.39 Å². The third-order valence-electron chi connectivity index (χ3n) is 6.65. The van der Waals surface area contributed by atoms with Crippen LogP contribution in [0.3, 0.4) is 0 Å². The summed E-state index contributed by atoms with van der Waals surface area (Å²) in [6.07, 6.45) is 0. The molecule has 0 aliphatic carbocycles. The molecule has 0 unspecified atom stereocenters. The second-order valence-electron chi connectivity index (χ2n) is 8.54. The van der Waals surface area contributed by atoms with Gasteiger partial charge in [-0.05, 0) is 48.4 Å². The first kappa shape index (κ1) is 23.6. The first-order valence-corrected chi connectivity index (χ1v) is 11.3. The molecule has 1 aliphatic heterocycles. The van der Waals surface area contributed by atoms with Gasteiger partial charge in [-0.15, -0.1) is 0 Å². The Morgan fingerprint density at radius 1 is 0.824 bits per heavy atom. The average molecular weight is 462 g/mol. The molecule has 5 nitrogen and oxygen atoms in total. The zero-order valence-electron chi connectivity index (χ0n) is 19.5. The van der Waals surface area contributed by atoms with Crippen LogP contribution in [-0.2, 0) is 0 Å². The van der Waals surface area contributed by atoms with E-state index in [4.69, 9.17) is 9.47 Å². The number of halogens is 1. The van der Waals surface area contributed by atoms with Gasteiger partial charge < -0.3 is 14.8 Å². The van der Waals surface area contributed by atoms with Gasteiger partial charge in [-0.2, -0.15) is 0 Å². The minimum atomic E-state index is -0.555. The molecule has 34 heavy (non-hydrogen) atoms. The number of hydrogen-bond donors (Lipinski definition) is 1. The molecule has 4 rings (SSSR count). The number of carbonyl (C=O) groups excluding carboxylic acids is 2. The smallest absolute Gasteiger partial charge is 0.167 e. The van der Waals surface area contributed by atoms with Crippen LogP contribution in [0, 0.1) is 24.6 Å². The van der Waals surface area contributed by atoms with E-state index in [1.807, 2.05) is 6.07 Å². The number of nitrogens with one attached hydrogen (secondary N) is 1. The lowest BCUT2D eigenvalue weighted by Crippen LogP contribution is -2.48. The van der Waals surface area contributed by atoms with E-state index < -0.39 is 17.8 Å². The van der Waals surface area contributed by atoms with Crippen molar-refractivity contribution in [3.05, 3.63) is 94.8 Å². The lowest BCUT2D eigenvalue weighted by molar-refractivity contribution is 0.0767. The first-order chi connectivity index (χ1) is 16.4. The highest BCUT2D eigenvalue weighted by molar-refractivity contribution is 6.02. The molecule has 0 bridgehead atoms. The lowest BCUT2D eigenvalue weighted by Gasteiger charge is -2.38. The summed E-state index contributed by atoms with van der Waals surface area (Å²) in [6, 6.07) is 18.8. The maximum absolute atomic E-state index is 14.6. The summed E-state index contributed by atoms with van der Waals surface area (Å²) in [6.45, 7) is 2.48. The first-order valence-electron chi connectivity index (χ1n) is 11.3. The SMILES string of the molecule is COc1cccc(C(=O)[C@H]2CNC[C@@H](C(=O)c3cccc(OC)c3)[C@@H]2c2cccc(F)c2C)c1. The van der Waals surface area contributed by atoms with Crippen molar-refractivity contribution in [2.75, 3.05) is 27.3 Å². The predicted octanol–water partition coefficient (Wildman–Crippen LogP) is 4.84. The van der Waals surface area contributed by atoms with Crippen LogP contribution >= 0.6 is 0 Å². The topological polar surface area (TPSA) is 64.6 Å². The average Bonchev–Trinajstić information content (AvgIpc) is 2.89. The van der Waals surface area contributed by atoms with Crippen molar-refractivity contribution in [2.45, 2.75) is 12.8 Å². The maximum atomic E-state index is 14.6. The highest BCUT2D eigenvalue weighted by Crippen LogP contribution is 2.40. The highest BCUT2D eigenvalue weighted by atomic mass is 19.1. The van der Waals surface area contributed by atoms with Crippen molar-refractivity contribution in [3.8, 4) is 11.5 Å². The third-order valence-corrected chi connectivity index (χ3v) is 6.65. The molecular formula is C28H28FNO4. The molecule has 1 saturated heterocycles. The van der Waals surface area contributed by atoms with Crippen LogP contribution < -0.4 is 14.8 Å². The molecule has 0 spiro atoms. The number of hydrogen-bond acceptors (Lipinski definition) is 5. The molecule has 0 aromatic heterocycles. The van der Waals surface area contributed by atoms with Crippen LogP contribution in [0.15, 0.2) is 66.7 Å². The van der Waals surface area contributed by atoms with Gasteiger partial charge in [-0.25, -0.2) is 4.39 Å². The van der Waals surface area contributed by atoms with Gasteiger partial charge in [0.2, 0.25) is 0 Å². The van der Waals surface area contributed by atoms with Gasteiger partial charge in [0.1, 0.15) is 17.3 Å². The molecule has 1 N–H and O–H groups in total. The molecule has 6 heteroatoms. The zero-order chi connectivity index (χ0) is 24.2. The fraction of sp³-hybridized carbons (Fsp3) is 0.286. The van der Waals surface area contributed by atoms with Crippen molar-refractivity contribution in [1.29, 1.82) is 0 Å². The quantitative estimate of drug-likeness (QED) is 0.511. The number of benzene rings is 3. The van der Waals surface area contributed by atoms with E-state index in [-0.39, 0.29) is 17.4 Å². The van der Waals surface area contributed by atoms with Crippen LogP contribution in [0.5, 0.6) is 11.5 Å². The fourth-order valence-electron chi connectivity index (χ4n) is 4.84. The molecule has 1 aliphatic rings. The van der Waals surface area contributed by atoms with Gasteiger partial charge in [0.05, 0.1) is 14.2 Å². The molecule has 0 saturated carbocycles. The Morgan fingerprint density at radius 3 is 1.82 bits per heavy atom. The van der Waals surface area contributed by atoms with Crippen LogP contribution in [0.25, 0.3) is 0 Å². The van der Waals surface area contributed by atoms with Gasteiger partial charge in [0.15, 0.2) is 11.6 Å². The normalized spacial score (nSPS) is 19.9. The molecule has 0 amide bonds. The van der Waals surface area contributed by atoms with E-state index in [2.05, 4.69) is 5.32 Å². The Labute approximate surface area is 198 Å². The standard InChI is InChI=1S/C28H28FNO4/c1-17-22(11-6-12-25(17)29)26-23(27(31)18-7-4-9-20(13-18)33-2)15-30-16-24(26)28(32)19-8-5-10-21(14-19)34-3/h4-14,23-24,26,30H,15-16H2,1-3H3/t23-,24+,26+. The number of rotatable bonds is 7. The largest absolute Gasteiger partial charge is 0.497 e. The van der Waals surface area contributed by atoms with Gasteiger partial charge >= 0.3 is 0 Å². The van der Waals surface area contributed by atoms with Gasteiger partial charge in [-0.3, -0.25) is 9.59 Å². The Balaban J connectivity index is 1.80. The summed E-state index contributed by atoms with van der Waals surface area (Å²) in [7, 11) is 3.10. The summed E-state index contributed by atoms with van der Waals surface area (Å²) >= 11 is 0. The Kier molecular flexibility index (Phi) is 7.08. The minimum Gasteiger partial charge on any atom is -0.497 e. The monoisotopic (exact) mass is 461 g/mol. The molecule has 1 fully saturated rings. The Hall–Kier alpha value is -3.51. The second-order valence-corrected chi connectivity index (χ2v) is 8.54. The van der Waals surface area contributed by atoms with Crippen LogP contribution in [0.1, 0.15) is 37.8 Å². The molecule has 3 atom stereocenters. The van der Waals surface area contributed by atoms with E-state index >= 15 is 0 Å². The van der Waals surface area contributed by atoms with E-state index in [1.165, 1.54) is 6.07 Å². The minimum absolute atomic E-state index is 0.108. The zero-order valence-corrected chi connectivity index (χ0v) is 19.5. The predicted molar refractivity (Wildman–Crippen MR) is 128 cm³/mol. The summed E-state index contributed by atoms with van der Waals surface area (Å²) in [5.74, 6) is -1.01. The number of ether oxygens (including phenoxy) is 2. The third kappa shape index (κ3) is 4.59. The molecule has 3 aromatic carbocycles. The fourth-order valence-corrected chi connectivity index (χ4v) is 4.84. The number of methoxy groups -OCH3 is 2. The number of piperidine rings is 1. The number of carbonyl (C=O) groups is 2. The summed E-state index contributed by atoms with van der Waals surface area (Å²) in [5, 5.41) is 3.28. The lowest BCUT2D eigenvalue weighted by atomic mass is 9.68. The van der Waals surface area contributed by atoms with Gasteiger partial charge in [-0.1, -0.05) is 36.4 Å². The Morgan fingerprint density at radius 2 is 1.32 bits per heavy atom. The van der Waals surface area contributed by atoms with Crippen molar-refractivity contribution in [2.24, 2.45) is 11.8 Å². The van der Waals surface area contributed by atoms with Gasteiger partial charge in [0, 0.05) is 42.0 Å². The highest BCUT2D eigenvalue weighted by Gasteiger charge is 2.43. The van der Waals surface area contributed by atoms with Crippen LogP contribution in [-0.4, -0.2) is 38.9 Å².